The van der Waals surface area contributed by atoms with Crippen LogP contribution in [0.4, 0.5) is 0 Å². The molecule has 2 heteroatoms. The Morgan fingerprint density at radius 1 is 0.571 bits per heavy atom. The zero-order valence-corrected chi connectivity index (χ0v) is 12.7. The minimum Gasteiger partial charge on any atom is -0.0861 e. The molecular formula is C12H24P2. The van der Waals surface area contributed by atoms with Crippen LogP contribution in [0.3, 0.4) is 0 Å². The maximum Gasteiger partial charge on any atom is -0.0391 e. The summed E-state index contributed by atoms with van der Waals surface area (Å²) >= 11 is 0. The van der Waals surface area contributed by atoms with Gasteiger partial charge in [0.15, 0.2) is 0 Å². The highest BCUT2D eigenvalue weighted by atomic mass is 31.1. The molecule has 0 bridgehead atoms. The average molecular weight is 230 g/mol. The fraction of sp³-hybridized carbons (Fsp3) is 0.667. The normalized spacial score (nSPS) is 15.9. The Kier molecular flexibility index (Phi) is 6.19. The summed E-state index contributed by atoms with van der Waals surface area (Å²) in [6.07, 6.45) is 0. The Morgan fingerprint density at radius 3 is 0.929 bits per heavy atom. The van der Waals surface area contributed by atoms with E-state index >= 15 is 0 Å². The molecule has 0 unspecified atom stereocenters. The minimum atomic E-state index is 0.0751. The molecule has 0 aromatic rings. The molecule has 0 aliphatic carbocycles. The lowest BCUT2D eigenvalue weighted by Gasteiger charge is -2.16. The first kappa shape index (κ1) is 14.3. The minimum absolute atomic E-state index is 0.0751. The summed E-state index contributed by atoms with van der Waals surface area (Å²) in [5.41, 5.74) is 3.05. The molecule has 0 rings (SSSR count). The highest BCUT2D eigenvalue weighted by Crippen LogP contribution is 2.44. The summed E-state index contributed by atoms with van der Waals surface area (Å²) in [6, 6.07) is 0. The maximum absolute atomic E-state index is 2.33. The van der Waals surface area contributed by atoms with Crippen molar-refractivity contribution < 1.29 is 0 Å². The summed E-state index contributed by atoms with van der Waals surface area (Å²) in [7, 11) is 0.150. The Bertz CT molecular complexity index is 229. The van der Waals surface area contributed by atoms with Gasteiger partial charge in [-0.15, -0.1) is 0 Å². The van der Waals surface area contributed by atoms with Crippen molar-refractivity contribution in [1.29, 1.82) is 0 Å². The predicted molar refractivity (Wildman–Crippen MR) is 74.3 cm³/mol. The van der Waals surface area contributed by atoms with Crippen molar-refractivity contribution >= 4 is 15.8 Å². The van der Waals surface area contributed by atoms with Gasteiger partial charge in [0, 0.05) is 0 Å². The van der Waals surface area contributed by atoms with Gasteiger partial charge >= 0.3 is 0 Å². The summed E-state index contributed by atoms with van der Waals surface area (Å²) in [4.78, 5) is 0. The van der Waals surface area contributed by atoms with Gasteiger partial charge in [-0.3, -0.25) is 0 Å². The molecule has 0 heterocycles. The van der Waals surface area contributed by atoms with Crippen molar-refractivity contribution in [3.05, 3.63) is 21.8 Å². The topological polar surface area (TPSA) is 0 Å². The molecule has 0 fully saturated rings. The molecule has 0 saturated heterocycles. The van der Waals surface area contributed by atoms with Gasteiger partial charge in [-0.25, -0.2) is 0 Å². The van der Waals surface area contributed by atoms with Crippen LogP contribution in [0.1, 0.15) is 27.7 Å². The molecule has 0 aromatic heterocycles. The number of hydrogen-bond acceptors (Lipinski definition) is 0. The predicted octanol–water partition coefficient (Wildman–Crippen LogP) is 5.06. The molecule has 0 spiro atoms. The third-order valence-corrected chi connectivity index (χ3v) is 6.34. The Morgan fingerprint density at radius 2 is 0.786 bits per heavy atom. The quantitative estimate of drug-likeness (QED) is 0.469. The molecule has 0 atom stereocenters. The fourth-order valence-electron chi connectivity index (χ4n) is 1.21. The van der Waals surface area contributed by atoms with Crippen LogP contribution in [0.25, 0.3) is 0 Å². The zero-order chi connectivity index (χ0) is 11.5. The highest BCUT2D eigenvalue weighted by molar-refractivity contribution is 7.60. The van der Waals surface area contributed by atoms with Crippen molar-refractivity contribution in [3.63, 3.8) is 0 Å². The third-order valence-electron chi connectivity index (χ3n) is 2.99. The van der Waals surface area contributed by atoms with E-state index in [-0.39, 0.29) is 15.8 Å². The van der Waals surface area contributed by atoms with Crippen LogP contribution < -0.4 is 0 Å². The van der Waals surface area contributed by atoms with Gasteiger partial charge in [-0.05, 0) is 76.1 Å². The van der Waals surface area contributed by atoms with Gasteiger partial charge in [0.2, 0.25) is 0 Å². The van der Waals surface area contributed by atoms with E-state index in [1.807, 2.05) is 0 Å². The molecule has 0 N–H and O–H groups in total. The molecule has 0 nitrogen and oxygen atoms in total. The SMILES string of the molecule is CC(=C(\C)P(C)C)/C(C)=C(\C)P(C)C. The average Bonchev–Trinajstić information content (AvgIpc) is 2.12. The summed E-state index contributed by atoms with van der Waals surface area (Å²) < 4.78 is 0. The first-order chi connectivity index (χ1) is 6.29. The van der Waals surface area contributed by atoms with Crippen molar-refractivity contribution in [2.45, 2.75) is 27.7 Å². The highest BCUT2D eigenvalue weighted by Gasteiger charge is 2.07. The lowest BCUT2D eigenvalue weighted by molar-refractivity contribution is 1.28. The van der Waals surface area contributed by atoms with Crippen molar-refractivity contribution in [2.75, 3.05) is 26.7 Å². The van der Waals surface area contributed by atoms with E-state index < -0.39 is 0 Å². The summed E-state index contributed by atoms with van der Waals surface area (Å²) in [6.45, 7) is 18.4. The molecular weight excluding hydrogens is 206 g/mol. The van der Waals surface area contributed by atoms with E-state index in [9.17, 15) is 0 Å². The Hall–Kier alpha value is 0.340. The van der Waals surface area contributed by atoms with E-state index in [2.05, 4.69) is 54.4 Å². The van der Waals surface area contributed by atoms with Gasteiger partial charge in [0.1, 0.15) is 0 Å². The van der Waals surface area contributed by atoms with Gasteiger partial charge < -0.3 is 0 Å². The zero-order valence-electron chi connectivity index (χ0n) is 10.9. The lowest BCUT2D eigenvalue weighted by Crippen LogP contribution is -1.89. The van der Waals surface area contributed by atoms with Crippen LogP contribution in [-0.4, -0.2) is 26.7 Å². The molecule has 0 aliphatic heterocycles. The Balaban J connectivity index is 5.14. The van der Waals surface area contributed by atoms with E-state index in [1.54, 1.807) is 10.6 Å². The van der Waals surface area contributed by atoms with Crippen molar-refractivity contribution in [2.24, 2.45) is 0 Å². The van der Waals surface area contributed by atoms with Crippen LogP contribution in [0.2, 0.25) is 0 Å². The third kappa shape index (κ3) is 3.84. The summed E-state index contributed by atoms with van der Waals surface area (Å²) in [5, 5.41) is 3.18. The second-order valence-electron chi connectivity index (χ2n) is 4.21. The number of hydrogen-bond donors (Lipinski definition) is 0. The van der Waals surface area contributed by atoms with Crippen LogP contribution in [0.15, 0.2) is 21.8 Å². The van der Waals surface area contributed by atoms with Crippen molar-refractivity contribution in [3.8, 4) is 0 Å². The number of allylic oxidation sites excluding steroid dienone is 4. The first-order valence-corrected chi connectivity index (χ1v) is 9.46. The van der Waals surface area contributed by atoms with Gasteiger partial charge in [-0.1, -0.05) is 15.8 Å². The van der Waals surface area contributed by atoms with E-state index in [1.165, 1.54) is 11.1 Å². The van der Waals surface area contributed by atoms with Gasteiger partial charge in [0.05, 0.1) is 0 Å². The van der Waals surface area contributed by atoms with Crippen LogP contribution in [0, 0.1) is 0 Å². The maximum atomic E-state index is 2.33. The van der Waals surface area contributed by atoms with Crippen molar-refractivity contribution in [1.82, 2.24) is 0 Å². The summed E-state index contributed by atoms with van der Waals surface area (Å²) in [5.74, 6) is 0. The second kappa shape index (κ2) is 6.04. The molecule has 0 amide bonds. The van der Waals surface area contributed by atoms with E-state index in [0.29, 0.717) is 0 Å². The molecule has 82 valence electrons. The van der Waals surface area contributed by atoms with Crippen LogP contribution in [0.5, 0.6) is 0 Å². The van der Waals surface area contributed by atoms with E-state index in [4.69, 9.17) is 0 Å². The van der Waals surface area contributed by atoms with E-state index in [0.717, 1.165) is 0 Å². The smallest absolute Gasteiger partial charge is 0.0391 e. The number of rotatable bonds is 3. The van der Waals surface area contributed by atoms with Gasteiger partial charge in [-0.2, -0.15) is 0 Å². The monoisotopic (exact) mass is 230 g/mol. The molecule has 0 saturated carbocycles. The lowest BCUT2D eigenvalue weighted by atomic mass is 10.1. The fourth-order valence-corrected chi connectivity index (χ4v) is 2.89. The van der Waals surface area contributed by atoms with Gasteiger partial charge in [0.25, 0.3) is 0 Å². The largest absolute Gasteiger partial charge is 0.0861 e. The first-order valence-electron chi connectivity index (χ1n) is 4.99. The van der Waals surface area contributed by atoms with Crippen LogP contribution in [-0.2, 0) is 0 Å². The molecule has 14 heavy (non-hydrogen) atoms. The molecule has 0 radical (unpaired) electrons. The Labute approximate surface area is 92.4 Å². The second-order valence-corrected chi connectivity index (χ2v) is 9.13. The van der Waals surface area contributed by atoms with Crippen LogP contribution >= 0.6 is 15.8 Å². The molecule has 0 aromatic carbocycles. The molecule has 0 aliphatic rings. The standard InChI is InChI=1S/C12H24P2/c1-9(11(3)13(5)6)10(2)12(4)14(7)8/h1-8H3/b11-9-,12-10+.